The molecule has 1 aliphatic carbocycles. The van der Waals surface area contributed by atoms with Crippen molar-refractivity contribution in [2.75, 3.05) is 18.2 Å². The quantitative estimate of drug-likeness (QED) is 0.853. The van der Waals surface area contributed by atoms with Crippen molar-refractivity contribution in [2.24, 2.45) is 0 Å². The van der Waals surface area contributed by atoms with Crippen LogP contribution in [0.1, 0.15) is 19.3 Å². The average molecular weight is 242 g/mol. The summed E-state index contributed by atoms with van der Waals surface area (Å²) in [6.45, 7) is 0. The standard InChI is InChI=1S/C11H16ClN3O/c1-16-10-4-2-3-9(10)15-11-8(12)5-7(13)6-14-11/h5-6,9-10H,2-4,13H2,1H3,(H,14,15). The van der Waals surface area contributed by atoms with E-state index in [0.29, 0.717) is 22.6 Å². The Balaban J connectivity index is 2.08. The van der Waals surface area contributed by atoms with Crippen molar-refractivity contribution in [1.29, 1.82) is 0 Å². The molecule has 0 bridgehead atoms. The van der Waals surface area contributed by atoms with Crippen molar-refractivity contribution in [3.05, 3.63) is 17.3 Å². The molecule has 3 N–H and O–H groups in total. The third-order valence-electron chi connectivity index (χ3n) is 2.94. The van der Waals surface area contributed by atoms with E-state index >= 15 is 0 Å². The van der Waals surface area contributed by atoms with Gasteiger partial charge in [-0.05, 0) is 25.3 Å². The maximum absolute atomic E-state index is 6.05. The number of aromatic nitrogens is 1. The zero-order valence-corrected chi connectivity index (χ0v) is 10.00. The molecular weight excluding hydrogens is 226 g/mol. The predicted molar refractivity (Wildman–Crippen MR) is 65.7 cm³/mol. The molecule has 5 heteroatoms. The molecule has 0 aromatic carbocycles. The number of nitrogens with zero attached hydrogens (tertiary/aromatic N) is 1. The minimum atomic E-state index is 0.246. The molecule has 2 atom stereocenters. The number of rotatable bonds is 3. The number of pyridine rings is 1. The molecule has 88 valence electrons. The molecule has 16 heavy (non-hydrogen) atoms. The van der Waals surface area contributed by atoms with Gasteiger partial charge < -0.3 is 15.8 Å². The number of nitrogens with one attached hydrogen (secondary N) is 1. The van der Waals surface area contributed by atoms with E-state index in [0.717, 1.165) is 12.8 Å². The first kappa shape index (κ1) is 11.5. The van der Waals surface area contributed by atoms with Crippen LogP contribution in [0.2, 0.25) is 5.02 Å². The van der Waals surface area contributed by atoms with E-state index in [9.17, 15) is 0 Å². The van der Waals surface area contributed by atoms with Gasteiger partial charge in [-0.3, -0.25) is 0 Å². The third-order valence-corrected chi connectivity index (χ3v) is 3.23. The van der Waals surface area contributed by atoms with Gasteiger partial charge in [0.25, 0.3) is 0 Å². The summed E-state index contributed by atoms with van der Waals surface area (Å²) in [5.74, 6) is 0.685. The van der Waals surface area contributed by atoms with Crippen LogP contribution < -0.4 is 11.1 Å². The molecule has 0 saturated heterocycles. The fourth-order valence-electron chi connectivity index (χ4n) is 2.11. The largest absolute Gasteiger partial charge is 0.397 e. The van der Waals surface area contributed by atoms with E-state index in [4.69, 9.17) is 22.1 Å². The van der Waals surface area contributed by atoms with Gasteiger partial charge >= 0.3 is 0 Å². The average Bonchev–Trinajstić information content (AvgIpc) is 2.69. The van der Waals surface area contributed by atoms with Crippen LogP contribution in [0.4, 0.5) is 11.5 Å². The van der Waals surface area contributed by atoms with Crippen LogP contribution in [0.3, 0.4) is 0 Å². The van der Waals surface area contributed by atoms with Gasteiger partial charge in [-0.1, -0.05) is 11.6 Å². The van der Waals surface area contributed by atoms with E-state index in [1.807, 2.05) is 0 Å². The lowest BCUT2D eigenvalue weighted by Crippen LogP contribution is -2.30. The molecule has 4 nitrogen and oxygen atoms in total. The zero-order valence-electron chi connectivity index (χ0n) is 9.24. The summed E-state index contributed by atoms with van der Waals surface area (Å²) in [5, 5.41) is 3.87. The van der Waals surface area contributed by atoms with Gasteiger partial charge in [0.1, 0.15) is 5.82 Å². The van der Waals surface area contributed by atoms with Gasteiger partial charge in [-0.2, -0.15) is 0 Å². The number of nitrogens with two attached hydrogens (primary N) is 1. The van der Waals surface area contributed by atoms with Crippen LogP contribution in [0, 0.1) is 0 Å². The first-order valence-corrected chi connectivity index (χ1v) is 5.79. The third kappa shape index (κ3) is 2.39. The van der Waals surface area contributed by atoms with Gasteiger partial charge in [0.15, 0.2) is 0 Å². The zero-order chi connectivity index (χ0) is 11.5. The molecule has 1 aromatic heterocycles. The molecule has 1 aromatic rings. The number of ether oxygens (including phenoxy) is 1. The highest BCUT2D eigenvalue weighted by Crippen LogP contribution is 2.28. The summed E-state index contributed by atoms with van der Waals surface area (Å²) < 4.78 is 5.40. The molecular formula is C11H16ClN3O. The Bertz CT molecular complexity index is 372. The molecule has 0 spiro atoms. The molecule has 2 rings (SSSR count). The summed E-state index contributed by atoms with van der Waals surface area (Å²) in [4.78, 5) is 4.19. The first-order valence-electron chi connectivity index (χ1n) is 5.41. The second-order valence-electron chi connectivity index (χ2n) is 4.05. The van der Waals surface area contributed by atoms with Crippen LogP contribution in [0.5, 0.6) is 0 Å². The van der Waals surface area contributed by atoms with Crippen LogP contribution in [0.25, 0.3) is 0 Å². The molecule has 0 radical (unpaired) electrons. The Hall–Kier alpha value is -1.00. The number of halogens is 1. The highest BCUT2D eigenvalue weighted by molar-refractivity contribution is 6.33. The van der Waals surface area contributed by atoms with Crippen molar-refractivity contribution in [1.82, 2.24) is 4.98 Å². The molecule has 0 aliphatic heterocycles. The van der Waals surface area contributed by atoms with Gasteiger partial charge in [0.05, 0.1) is 29.1 Å². The molecule has 1 heterocycles. The Kier molecular flexibility index (Phi) is 3.51. The fraction of sp³-hybridized carbons (Fsp3) is 0.545. The Morgan fingerprint density at radius 2 is 2.38 bits per heavy atom. The summed E-state index contributed by atoms with van der Waals surface area (Å²) in [5.41, 5.74) is 6.16. The second kappa shape index (κ2) is 4.89. The maximum Gasteiger partial charge on any atom is 0.145 e. The van der Waals surface area contributed by atoms with Gasteiger partial charge in [-0.25, -0.2) is 4.98 Å². The van der Waals surface area contributed by atoms with Crippen LogP contribution in [0.15, 0.2) is 12.3 Å². The summed E-state index contributed by atoms with van der Waals surface area (Å²) in [6.07, 6.45) is 5.19. The highest BCUT2D eigenvalue weighted by atomic mass is 35.5. The van der Waals surface area contributed by atoms with E-state index in [1.165, 1.54) is 6.42 Å². The molecule has 1 saturated carbocycles. The molecule has 1 fully saturated rings. The molecule has 0 amide bonds. The molecule has 1 aliphatic rings. The Morgan fingerprint density at radius 1 is 1.56 bits per heavy atom. The number of anilines is 2. The lowest BCUT2D eigenvalue weighted by Gasteiger charge is -2.20. The van der Waals surface area contributed by atoms with E-state index in [2.05, 4.69) is 10.3 Å². The van der Waals surface area contributed by atoms with Crippen LogP contribution in [-0.2, 0) is 4.74 Å². The summed E-state index contributed by atoms with van der Waals surface area (Å²) in [6, 6.07) is 1.99. The fourth-order valence-corrected chi connectivity index (χ4v) is 2.34. The van der Waals surface area contributed by atoms with Crippen molar-refractivity contribution >= 4 is 23.1 Å². The van der Waals surface area contributed by atoms with Crippen molar-refractivity contribution in [3.63, 3.8) is 0 Å². The van der Waals surface area contributed by atoms with E-state index in [1.54, 1.807) is 19.4 Å². The topological polar surface area (TPSA) is 60.2 Å². The molecule has 2 unspecified atom stereocenters. The van der Waals surface area contributed by atoms with Crippen LogP contribution >= 0.6 is 11.6 Å². The minimum Gasteiger partial charge on any atom is -0.397 e. The predicted octanol–water partition coefficient (Wildman–Crippen LogP) is 2.30. The normalized spacial score (nSPS) is 24.6. The SMILES string of the molecule is COC1CCCC1Nc1ncc(N)cc1Cl. The maximum atomic E-state index is 6.05. The minimum absolute atomic E-state index is 0.246. The Morgan fingerprint density at radius 3 is 3.06 bits per heavy atom. The summed E-state index contributed by atoms with van der Waals surface area (Å²) in [7, 11) is 1.74. The second-order valence-corrected chi connectivity index (χ2v) is 4.46. The highest BCUT2D eigenvalue weighted by Gasteiger charge is 2.27. The first-order chi connectivity index (χ1) is 7.70. The number of hydrogen-bond acceptors (Lipinski definition) is 4. The number of methoxy groups -OCH3 is 1. The number of hydrogen-bond donors (Lipinski definition) is 2. The summed E-state index contributed by atoms with van der Waals surface area (Å²) >= 11 is 6.05. The van der Waals surface area contributed by atoms with Gasteiger partial charge in [0, 0.05) is 7.11 Å². The number of nitrogen functional groups attached to an aromatic ring is 1. The van der Waals surface area contributed by atoms with E-state index in [-0.39, 0.29) is 6.10 Å². The Labute approximate surface area is 100 Å². The smallest absolute Gasteiger partial charge is 0.145 e. The van der Waals surface area contributed by atoms with Crippen molar-refractivity contribution in [2.45, 2.75) is 31.4 Å². The van der Waals surface area contributed by atoms with Crippen LogP contribution in [-0.4, -0.2) is 24.2 Å². The lowest BCUT2D eigenvalue weighted by atomic mass is 10.2. The monoisotopic (exact) mass is 241 g/mol. The van der Waals surface area contributed by atoms with Crippen molar-refractivity contribution < 1.29 is 4.74 Å². The van der Waals surface area contributed by atoms with Gasteiger partial charge in [-0.15, -0.1) is 0 Å². The van der Waals surface area contributed by atoms with Gasteiger partial charge in [0.2, 0.25) is 0 Å². The lowest BCUT2D eigenvalue weighted by molar-refractivity contribution is 0.101. The van der Waals surface area contributed by atoms with E-state index < -0.39 is 0 Å². The van der Waals surface area contributed by atoms with Crippen molar-refractivity contribution in [3.8, 4) is 0 Å².